The summed E-state index contributed by atoms with van der Waals surface area (Å²) in [4.78, 5) is 16.6. The van der Waals surface area contributed by atoms with E-state index in [0.717, 1.165) is 35.5 Å². The Balaban J connectivity index is 1.57. The number of carbonyl (C=O) groups excluding carboxylic acids is 1. The topological polar surface area (TPSA) is 42.0 Å². The van der Waals surface area contributed by atoms with Crippen LogP contribution in [0.15, 0.2) is 42.5 Å². The highest BCUT2D eigenvalue weighted by atomic mass is 19.1. The Morgan fingerprint density at radius 1 is 1.03 bits per heavy atom. The van der Waals surface area contributed by atoms with Crippen LogP contribution in [0.4, 0.5) is 4.39 Å². The van der Waals surface area contributed by atoms with Gasteiger partial charge in [-0.1, -0.05) is 11.6 Å². The molecule has 1 saturated heterocycles. The third kappa shape index (κ3) is 5.35. The van der Waals surface area contributed by atoms with Crippen LogP contribution in [0.1, 0.15) is 16.7 Å². The average molecular weight is 398 g/mol. The number of nitrogens with zero attached hydrogens (tertiary/aromatic N) is 2. The maximum atomic E-state index is 13.6. The van der Waals surface area contributed by atoms with Crippen molar-refractivity contribution in [2.45, 2.75) is 13.5 Å². The van der Waals surface area contributed by atoms with Crippen LogP contribution in [0.5, 0.6) is 11.5 Å². The molecule has 29 heavy (non-hydrogen) atoms. The number of hydrogen-bond donors (Lipinski definition) is 0. The molecule has 1 aliphatic heterocycles. The number of methoxy groups -OCH3 is 2. The predicted octanol–water partition coefficient (Wildman–Crippen LogP) is 3.51. The van der Waals surface area contributed by atoms with Gasteiger partial charge in [0.05, 0.1) is 14.2 Å². The summed E-state index contributed by atoms with van der Waals surface area (Å²) < 4.78 is 24.2. The van der Waals surface area contributed by atoms with Gasteiger partial charge in [-0.15, -0.1) is 0 Å². The monoisotopic (exact) mass is 398 g/mol. The fraction of sp³-hybridized carbons (Fsp3) is 0.348. The lowest BCUT2D eigenvalue weighted by Gasteiger charge is -2.34. The number of halogens is 1. The van der Waals surface area contributed by atoms with Crippen LogP contribution < -0.4 is 9.47 Å². The van der Waals surface area contributed by atoms with Crippen LogP contribution in [-0.4, -0.2) is 56.1 Å². The molecule has 6 heteroatoms. The standard InChI is InChI=1S/C23H27FN2O3/c1-17-4-7-21(28-2)18(14-17)5-9-23(27)26-12-10-25(11-13-26)16-19-15-20(24)6-8-22(19)29-3/h4-9,14-15H,10-13,16H2,1-3H3/b9-5+. The highest BCUT2D eigenvalue weighted by Gasteiger charge is 2.21. The Labute approximate surface area is 171 Å². The van der Waals surface area contributed by atoms with E-state index in [-0.39, 0.29) is 11.7 Å². The average Bonchev–Trinajstić information content (AvgIpc) is 2.73. The van der Waals surface area contributed by atoms with Gasteiger partial charge in [-0.05, 0) is 43.3 Å². The third-order valence-corrected chi connectivity index (χ3v) is 5.11. The maximum absolute atomic E-state index is 13.6. The minimum atomic E-state index is -0.272. The SMILES string of the molecule is COc1ccc(C)cc1/C=C/C(=O)N1CCN(Cc2cc(F)ccc2OC)CC1. The van der Waals surface area contributed by atoms with Crippen molar-refractivity contribution >= 4 is 12.0 Å². The van der Waals surface area contributed by atoms with Crippen LogP contribution in [0.2, 0.25) is 0 Å². The summed E-state index contributed by atoms with van der Waals surface area (Å²) in [5, 5.41) is 0. The van der Waals surface area contributed by atoms with E-state index in [2.05, 4.69) is 4.90 Å². The number of ether oxygens (including phenoxy) is 2. The molecule has 0 N–H and O–H groups in total. The zero-order valence-corrected chi connectivity index (χ0v) is 17.2. The molecule has 3 rings (SSSR count). The summed E-state index contributed by atoms with van der Waals surface area (Å²) in [6.45, 7) is 5.32. The largest absolute Gasteiger partial charge is 0.496 e. The van der Waals surface area contributed by atoms with Crippen molar-refractivity contribution in [3.8, 4) is 11.5 Å². The maximum Gasteiger partial charge on any atom is 0.246 e. The molecule has 0 atom stereocenters. The smallest absolute Gasteiger partial charge is 0.246 e. The van der Waals surface area contributed by atoms with Crippen LogP contribution in [0.3, 0.4) is 0 Å². The molecule has 0 aliphatic carbocycles. The fourth-order valence-electron chi connectivity index (χ4n) is 3.49. The van der Waals surface area contributed by atoms with Gasteiger partial charge in [-0.3, -0.25) is 9.69 Å². The first-order valence-electron chi connectivity index (χ1n) is 9.66. The zero-order valence-electron chi connectivity index (χ0n) is 17.2. The first-order valence-corrected chi connectivity index (χ1v) is 9.66. The molecular weight excluding hydrogens is 371 g/mol. The molecule has 1 heterocycles. The number of amides is 1. The van der Waals surface area contributed by atoms with Gasteiger partial charge in [0, 0.05) is 49.9 Å². The van der Waals surface area contributed by atoms with E-state index >= 15 is 0 Å². The number of carbonyl (C=O) groups is 1. The summed E-state index contributed by atoms with van der Waals surface area (Å²) >= 11 is 0. The lowest BCUT2D eigenvalue weighted by molar-refractivity contribution is -0.127. The normalized spacial score (nSPS) is 15.0. The van der Waals surface area contributed by atoms with E-state index in [1.807, 2.05) is 30.0 Å². The predicted molar refractivity (Wildman–Crippen MR) is 112 cm³/mol. The second-order valence-corrected chi connectivity index (χ2v) is 7.14. The zero-order chi connectivity index (χ0) is 20.8. The Morgan fingerprint density at radius 2 is 1.72 bits per heavy atom. The van der Waals surface area contributed by atoms with Crippen molar-refractivity contribution in [1.29, 1.82) is 0 Å². The Hall–Kier alpha value is -2.86. The summed E-state index contributed by atoms with van der Waals surface area (Å²) in [6, 6.07) is 10.4. The lowest BCUT2D eigenvalue weighted by Crippen LogP contribution is -2.47. The molecule has 2 aromatic carbocycles. The molecule has 0 spiro atoms. The van der Waals surface area contributed by atoms with E-state index < -0.39 is 0 Å². The van der Waals surface area contributed by atoms with Gasteiger partial charge in [0.15, 0.2) is 0 Å². The van der Waals surface area contributed by atoms with Gasteiger partial charge in [0.1, 0.15) is 17.3 Å². The lowest BCUT2D eigenvalue weighted by atomic mass is 10.1. The van der Waals surface area contributed by atoms with Gasteiger partial charge < -0.3 is 14.4 Å². The summed E-state index contributed by atoms with van der Waals surface area (Å²) in [6.07, 6.45) is 3.40. The van der Waals surface area contributed by atoms with E-state index in [9.17, 15) is 9.18 Å². The Kier molecular flexibility index (Phi) is 6.88. The fourth-order valence-corrected chi connectivity index (χ4v) is 3.49. The van der Waals surface area contributed by atoms with Crippen molar-refractivity contribution in [3.05, 3.63) is 65.0 Å². The molecule has 0 unspecified atom stereocenters. The number of rotatable bonds is 6. The minimum Gasteiger partial charge on any atom is -0.496 e. The second kappa shape index (κ2) is 9.56. The molecule has 0 aromatic heterocycles. The van der Waals surface area contributed by atoms with Crippen LogP contribution in [0, 0.1) is 12.7 Å². The Bertz CT molecular complexity index is 890. The highest BCUT2D eigenvalue weighted by Crippen LogP contribution is 2.23. The van der Waals surface area contributed by atoms with E-state index in [1.54, 1.807) is 32.4 Å². The number of piperazine rings is 1. The van der Waals surface area contributed by atoms with Crippen molar-refractivity contribution in [2.24, 2.45) is 0 Å². The van der Waals surface area contributed by atoms with Crippen molar-refractivity contribution < 1.29 is 18.7 Å². The molecule has 5 nitrogen and oxygen atoms in total. The van der Waals surface area contributed by atoms with Crippen LogP contribution >= 0.6 is 0 Å². The van der Waals surface area contributed by atoms with Crippen molar-refractivity contribution in [1.82, 2.24) is 9.80 Å². The van der Waals surface area contributed by atoms with Gasteiger partial charge in [0.25, 0.3) is 0 Å². The summed E-state index contributed by atoms with van der Waals surface area (Å²) in [5.74, 6) is 1.14. The van der Waals surface area contributed by atoms with E-state index in [0.29, 0.717) is 25.4 Å². The van der Waals surface area contributed by atoms with Gasteiger partial charge in [-0.2, -0.15) is 0 Å². The van der Waals surface area contributed by atoms with Crippen molar-refractivity contribution in [2.75, 3.05) is 40.4 Å². The molecule has 0 saturated carbocycles. The molecule has 0 radical (unpaired) electrons. The molecule has 2 aromatic rings. The van der Waals surface area contributed by atoms with E-state index in [4.69, 9.17) is 9.47 Å². The third-order valence-electron chi connectivity index (χ3n) is 5.11. The summed E-state index contributed by atoms with van der Waals surface area (Å²) in [7, 11) is 3.21. The first kappa shape index (κ1) is 20.9. The molecule has 0 bridgehead atoms. The quantitative estimate of drug-likeness (QED) is 0.699. The van der Waals surface area contributed by atoms with Crippen LogP contribution in [-0.2, 0) is 11.3 Å². The van der Waals surface area contributed by atoms with Crippen molar-refractivity contribution in [3.63, 3.8) is 0 Å². The van der Waals surface area contributed by atoms with E-state index in [1.165, 1.54) is 12.1 Å². The van der Waals surface area contributed by atoms with Gasteiger partial charge in [-0.25, -0.2) is 4.39 Å². The molecule has 1 amide bonds. The number of aryl methyl sites for hydroxylation is 1. The Morgan fingerprint density at radius 3 is 2.41 bits per heavy atom. The molecule has 1 fully saturated rings. The second-order valence-electron chi connectivity index (χ2n) is 7.14. The van der Waals surface area contributed by atoms with Gasteiger partial charge in [0.2, 0.25) is 5.91 Å². The molecular formula is C23H27FN2O3. The summed E-state index contributed by atoms with van der Waals surface area (Å²) in [5.41, 5.74) is 2.82. The first-order chi connectivity index (χ1) is 14.0. The highest BCUT2D eigenvalue weighted by molar-refractivity contribution is 5.92. The molecule has 154 valence electrons. The van der Waals surface area contributed by atoms with Gasteiger partial charge >= 0.3 is 0 Å². The number of hydrogen-bond acceptors (Lipinski definition) is 4. The minimum absolute atomic E-state index is 0.0171. The van der Waals surface area contributed by atoms with Crippen LogP contribution in [0.25, 0.3) is 6.08 Å². The number of benzene rings is 2. The molecule has 1 aliphatic rings.